The average Bonchev–Trinajstić information content (AvgIpc) is 3.23. The maximum atomic E-state index is 12.9. The van der Waals surface area contributed by atoms with Crippen molar-refractivity contribution < 1.29 is 19.1 Å². The molecular formula is C18H20Cl2N2O4. The smallest absolute Gasteiger partial charge is 0.228 e. The highest BCUT2D eigenvalue weighted by molar-refractivity contribution is 6.40. The summed E-state index contributed by atoms with van der Waals surface area (Å²) in [4.78, 5) is 28.7. The SMILES string of the molecule is O=C(C1CC(=O)N(c2c(Cl)cccc2Cl)C1)N1CCC2(CC1)OCCO2. The molecule has 3 fully saturated rings. The highest BCUT2D eigenvalue weighted by atomic mass is 35.5. The molecule has 1 aromatic carbocycles. The van der Waals surface area contributed by atoms with Crippen LogP contribution < -0.4 is 4.90 Å². The van der Waals surface area contributed by atoms with Gasteiger partial charge in [-0.1, -0.05) is 29.3 Å². The van der Waals surface area contributed by atoms with Crippen LogP contribution in [0.3, 0.4) is 0 Å². The van der Waals surface area contributed by atoms with Crippen LogP contribution in [0.15, 0.2) is 18.2 Å². The van der Waals surface area contributed by atoms with Crippen molar-refractivity contribution in [1.29, 1.82) is 0 Å². The van der Waals surface area contributed by atoms with Crippen LogP contribution in [0.2, 0.25) is 10.0 Å². The van der Waals surface area contributed by atoms with Crippen LogP contribution in [-0.2, 0) is 19.1 Å². The van der Waals surface area contributed by atoms with Gasteiger partial charge in [0, 0.05) is 38.9 Å². The second-order valence-corrected chi connectivity index (χ2v) is 7.72. The molecule has 3 aliphatic heterocycles. The van der Waals surface area contributed by atoms with Crippen LogP contribution in [0.25, 0.3) is 0 Å². The number of ether oxygens (including phenoxy) is 2. The summed E-state index contributed by atoms with van der Waals surface area (Å²) in [7, 11) is 0. The van der Waals surface area contributed by atoms with Gasteiger partial charge >= 0.3 is 0 Å². The van der Waals surface area contributed by atoms with Crippen LogP contribution in [0.4, 0.5) is 5.69 Å². The summed E-state index contributed by atoms with van der Waals surface area (Å²) >= 11 is 12.4. The standard InChI is InChI=1S/C18H20Cl2N2O4/c19-13-2-1-3-14(20)16(13)22-11-12(10-15(22)23)17(24)21-6-4-18(5-7-21)25-8-9-26-18/h1-3,12H,4-11H2. The van der Waals surface area contributed by atoms with E-state index in [0.717, 1.165) is 0 Å². The molecule has 0 saturated carbocycles. The Balaban J connectivity index is 1.43. The lowest BCUT2D eigenvalue weighted by atomic mass is 10.0. The van der Waals surface area contributed by atoms with Crippen molar-refractivity contribution in [2.75, 3.05) is 37.7 Å². The molecule has 1 atom stereocenters. The Morgan fingerprint density at radius 2 is 1.73 bits per heavy atom. The van der Waals surface area contributed by atoms with Gasteiger partial charge in [0.15, 0.2) is 5.79 Å². The number of rotatable bonds is 2. The van der Waals surface area contributed by atoms with Crippen LogP contribution in [0.1, 0.15) is 19.3 Å². The van der Waals surface area contributed by atoms with Crippen molar-refractivity contribution in [2.45, 2.75) is 25.0 Å². The number of carbonyl (C=O) groups excluding carboxylic acids is 2. The molecule has 0 radical (unpaired) electrons. The summed E-state index contributed by atoms with van der Waals surface area (Å²) in [5, 5.41) is 0.823. The van der Waals surface area contributed by atoms with Gasteiger partial charge in [-0.05, 0) is 12.1 Å². The molecule has 3 saturated heterocycles. The molecule has 0 aromatic heterocycles. The lowest BCUT2D eigenvalue weighted by Crippen LogP contribution is -2.49. The lowest BCUT2D eigenvalue weighted by molar-refractivity contribution is -0.188. The predicted molar refractivity (Wildman–Crippen MR) is 97.4 cm³/mol. The van der Waals surface area contributed by atoms with Gasteiger partial charge in [-0.25, -0.2) is 0 Å². The third kappa shape index (κ3) is 3.20. The number of amides is 2. The van der Waals surface area contributed by atoms with Gasteiger partial charge in [-0.2, -0.15) is 0 Å². The summed E-state index contributed by atoms with van der Waals surface area (Å²) in [5.74, 6) is -1.03. The fourth-order valence-corrected chi connectivity index (χ4v) is 4.55. The molecule has 0 aliphatic carbocycles. The van der Waals surface area contributed by atoms with Crippen LogP contribution >= 0.6 is 23.2 Å². The Bertz CT molecular complexity index is 706. The van der Waals surface area contributed by atoms with E-state index in [-0.39, 0.29) is 24.2 Å². The van der Waals surface area contributed by atoms with E-state index in [9.17, 15) is 9.59 Å². The first-order chi connectivity index (χ1) is 12.5. The van der Waals surface area contributed by atoms with Gasteiger partial charge in [0.05, 0.1) is 34.9 Å². The average molecular weight is 399 g/mol. The highest BCUT2D eigenvalue weighted by Gasteiger charge is 2.44. The topological polar surface area (TPSA) is 59.1 Å². The molecule has 26 heavy (non-hydrogen) atoms. The molecule has 2 amide bonds. The molecule has 1 aromatic rings. The summed E-state index contributed by atoms with van der Waals surface area (Å²) in [6, 6.07) is 5.11. The number of benzene rings is 1. The zero-order chi connectivity index (χ0) is 18.3. The molecular weight excluding hydrogens is 379 g/mol. The Labute approximate surface area is 161 Å². The number of halogens is 2. The normalized spacial score (nSPS) is 25.3. The van der Waals surface area contributed by atoms with E-state index in [2.05, 4.69) is 0 Å². The number of anilines is 1. The monoisotopic (exact) mass is 398 g/mol. The zero-order valence-corrected chi connectivity index (χ0v) is 15.8. The number of carbonyl (C=O) groups is 2. The van der Waals surface area contributed by atoms with Crippen molar-refractivity contribution >= 4 is 40.7 Å². The van der Waals surface area contributed by atoms with E-state index in [0.29, 0.717) is 61.4 Å². The van der Waals surface area contributed by atoms with Crippen molar-refractivity contribution in [3.8, 4) is 0 Å². The molecule has 3 heterocycles. The number of piperidine rings is 1. The first kappa shape index (κ1) is 18.0. The molecule has 140 valence electrons. The fourth-order valence-electron chi connectivity index (χ4n) is 3.95. The summed E-state index contributed by atoms with van der Waals surface area (Å²) in [6.45, 7) is 2.68. The van der Waals surface area contributed by atoms with Crippen molar-refractivity contribution in [1.82, 2.24) is 4.90 Å². The van der Waals surface area contributed by atoms with Gasteiger partial charge in [0.25, 0.3) is 0 Å². The van der Waals surface area contributed by atoms with E-state index in [1.807, 2.05) is 4.90 Å². The van der Waals surface area contributed by atoms with Gasteiger partial charge in [-0.15, -0.1) is 0 Å². The Kier molecular flexibility index (Phi) is 4.86. The molecule has 3 aliphatic rings. The molecule has 6 nitrogen and oxygen atoms in total. The van der Waals surface area contributed by atoms with E-state index >= 15 is 0 Å². The lowest BCUT2D eigenvalue weighted by Gasteiger charge is -2.38. The third-order valence-corrected chi connectivity index (χ3v) is 5.94. The number of likely N-dealkylation sites (tertiary alicyclic amines) is 1. The Morgan fingerprint density at radius 1 is 1.12 bits per heavy atom. The first-order valence-electron chi connectivity index (χ1n) is 8.80. The summed E-state index contributed by atoms with van der Waals surface area (Å²) in [6.07, 6.45) is 1.51. The largest absolute Gasteiger partial charge is 0.347 e. The number of nitrogens with zero attached hydrogens (tertiary/aromatic N) is 2. The van der Waals surface area contributed by atoms with Crippen molar-refractivity contribution in [3.63, 3.8) is 0 Å². The Morgan fingerprint density at radius 3 is 2.35 bits per heavy atom. The molecule has 1 spiro atoms. The molecule has 0 N–H and O–H groups in total. The van der Waals surface area contributed by atoms with Gasteiger partial charge in [0.1, 0.15) is 0 Å². The predicted octanol–water partition coefficient (Wildman–Crippen LogP) is 2.71. The van der Waals surface area contributed by atoms with E-state index < -0.39 is 5.79 Å². The van der Waals surface area contributed by atoms with Crippen LogP contribution in [-0.4, -0.2) is 55.3 Å². The maximum absolute atomic E-state index is 12.9. The van der Waals surface area contributed by atoms with E-state index in [1.54, 1.807) is 18.2 Å². The minimum absolute atomic E-state index is 0.00290. The second-order valence-electron chi connectivity index (χ2n) is 6.91. The minimum Gasteiger partial charge on any atom is -0.347 e. The van der Waals surface area contributed by atoms with Gasteiger partial charge < -0.3 is 19.3 Å². The molecule has 8 heteroatoms. The fraction of sp³-hybridized carbons (Fsp3) is 0.556. The maximum Gasteiger partial charge on any atom is 0.228 e. The molecule has 1 unspecified atom stereocenters. The van der Waals surface area contributed by atoms with E-state index in [1.165, 1.54) is 4.90 Å². The van der Waals surface area contributed by atoms with Gasteiger partial charge in [-0.3, -0.25) is 9.59 Å². The first-order valence-corrected chi connectivity index (χ1v) is 9.56. The minimum atomic E-state index is -0.514. The van der Waals surface area contributed by atoms with E-state index in [4.69, 9.17) is 32.7 Å². The number of para-hydroxylation sites is 1. The highest BCUT2D eigenvalue weighted by Crippen LogP contribution is 2.38. The summed E-state index contributed by atoms with van der Waals surface area (Å²) < 4.78 is 11.4. The zero-order valence-electron chi connectivity index (χ0n) is 14.2. The summed E-state index contributed by atoms with van der Waals surface area (Å²) in [5.41, 5.74) is 0.487. The van der Waals surface area contributed by atoms with Crippen molar-refractivity contribution in [2.24, 2.45) is 5.92 Å². The second kappa shape index (κ2) is 7.00. The van der Waals surface area contributed by atoms with Gasteiger partial charge in [0.2, 0.25) is 11.8 Å². The number of hydrogen-bond acceptors (Lipinski definition) is 4. The molecule has 4 rings (SSSR count). The Hall–Kier alpha value is -1.34. The van der Waals surface area contributed by atoms with Crippen LogP contribution in [0, 0.1) is 5.92 Å². The number of hydrogen-bond donors (Lipinski definition) is 0. The molecule has 0 bridgehead atoms. The quantitative estimate of drug-likeness (QED) is 0.768. The van der Waals surface area contributed by atoms with Crippen LogP contribution in [0.5, 0.6) is 0 Å². The van der Waals surface area contributed by atoms with Crippen molar-refractivity contribution in [3.05, 3.63) is 28.2 Å². The third-order valence-electron chi connectivity index (χ3n) is 5.33.